The van der Waals surface area contributed by atoms with Gasteiger partial charge in [-0.15, -0.1) is 0 Å². The van der Waals surface area contributed by atoms with Crippen LogP contribution in [-0.2, 0) is 19.1 Å². The van der Waals surface area contributed by atoms with Gasteiger partial charge >= 0.3 is 11.9 Å². The molecule has 0 N–H and O–H groups in total. The van der Waals surface area contributed by atoms with Crippen LogP contribution in [0.15, 0.2) is 18.6 Å². The molecule has 0 aliphatic heterocycles. The fourth-order valence-electron chi connectivity index (χ4n) is 1.42. The molecular formula is C12H15BrN2O4. The second kappa shape index (κ2) is 7.83. The minimum atomic E-state index is -0.521. The summed E-state index contributed by atoms with van der Waals surface area (Å²) in [6.07, 6.45) is 4.69. The fraction of sp³-hybridized carbons (Fsp3) is 0.500. The van der Waals surface area contributed by atoms with E-state index in [9.17, 15) is 9.59 Å². The molecule has 0 aliphatic rings. The summed E-state index contributed by atoms with van der Waals surface area (Å²) < 4.78 is 9.97. The minimum absolute atomic E-state index is 0.0251. The van der Waals surface area contributed by atoms with Gasteiger partial charge in [0.15, 0.2) is 0 Å². The Morgan fingerprint density at radius 3 is 2.58 bits per heavy atom. The summed E-state index contributed by atoms with van der Waals surface area (Å²) in [4.78, 5) is 29.8. The van der Waals surface area contributed by atoms with Gasteiger partial charge in [-0.2, -0.15) is 0 Å². The molecule has 0 aliphatic carbocycles. The van der Waals surface area contributed by atoms with Gasteiger partial charge in [0.1, 0.15) is 12.7 Å². The van der Waals surface area contributed by atoms with E-state index in [2.05, 4.69) is 25.9 Å². The highest BCUT2D eigenvalue weighted by Crippen LogP contribution is 2.26. The monoisotopic (exact) mass is 330 g/mol. The van der Waals surface area contributed by atoms with Crippen LogP contribution in [0.25, 0.3) is 0 Å². The average molecular weight is 331 g/mol. The third-order valence-corrected chi connectivity index (χ3v) is 3.02. The van der Waals surface area contributed by atoms with E-state index in [0.29, 0.717) is 6.42 Å². The molecule has 6 nitrogen and oxygen atoms in total. The van der Waals surface area contributed by atoms with Crippen molar-refractivity contribution in [1.29, 1.82) is 0 Å². The van der Waals surface area contributed by atoms with E-state index in [1.54, 1.807) is 18.6 Å². The smallest absolute Gasteiger partial charge is 0.303 e. The SMILES string of the molecule is CC(=O)OCC(CC(Br)c1cnccn1)OC(C)=O. The predicted molar refractivity (Wildman–Crippen MR) is 70.5 cm³/mol. The molecule has 1 aromatic rings. The van der Waals surface area contributed by atoms with Crippen LogP contribution in [0.5, 0.6) is 0 Å². The van der Waals surface area contributed by atoms with E-state index in [1.807, 2.05) is 0 Å². The van der Waals surface area contributed by atoms with Gasteiger partial charge < -0.3 is 9.47 Å². The first kappa shape index (κ1) is 15.6. The van der Waals surface area contributed by atoms with Crippen molar-refractivity contribution in [2.45, 2.75) is 31.2 Å². The molecule has 0 fully saturated rings. The number of alkyl halides is 1. The van der Waals surface area contributed by atoms with Crippen LogP contribution < -0.4 is 0 Å². The normalized spacial score (nSPS) is 13.4. The third-order valence-electron chi connectivity index (χ3n) is 2.18. The van der Waals surface area contributed by atoms with Gasteiger partial charge in [-0.05, 0) is 0 Å². The van der Waals surface area contributed by atoms with Gasteiger partial charge in [-0.1, -0.05) is 15.9 Å². The van der Waals surface area contributed by atoms with Crippen LogP contribution in [-0.4, -0.2) is 34.6 Å². The molecule has 0 aromatic carbocycles. The Morgan fingerprint density at radius 1 is 1.32 bits per heavy atom. The lowest BCUT2D eigenvalue weighted by atomic mass is 10.1. The van der Waals surface area contributed by atoms with Gasteiger partial charge in [0, 0.05) is 38.9 Å². The molecule has 19 heavy (non-hydrogen) atoms. The van der Waals surface area contributed by atoms with Gasteiger partial charge in [-0.3, -0.25) is 19.6 Å². The molecule has 1 heterocycles. The second-order valence-electron chi connectivity index (χ2n) is 3.87. The van der Waals surface area contributed by atoms with E-state index in [0.717, 1.165) is 5.69 Å². The summed E-state index contributed by atoms with van der Waals surface area (Å²) in [5.74, 6) is -0.834. The molecular weight excluding hydrogens is 316 g/mol. The molecule has 104 valence electrons. The lowest BCUT2D eigenvalue weighted by Gasteiger charge is -2.19. The third kappa shape index (κ3) is 6.28. The first-order chi connectivity index (χ1) is 8.99. The highest BCUT2D eigenvalue weighted by Gasteiger charge is 2.20. The van der Waals surface area contributed by atoms with Crippen molar-refractivity contribution in [2.75, 3.05) is 6.61 Å². The van der Waals surface area contributed by atoms with Crippen LogP contribution >= 0.6 is 15.9 Å². The maximum atomic E-state index is 11.0. The van der Waals surface area contributed by atoms with E-state index in [1.165, 1.54) is 13.8 Å². The molecule has 0 radical (unpaired) electrons. The number of halogens is 1. The Labute approximate surface area is 119 Å². The lowest BCUT2D eigenvalue weighted by Crippen LogP contribution is -2.25. The van der Waals surface area contributed by atoms with E-state index < -0.39 is 18.0 Å². The number of ether oxygens (including phenoxy) is 2. The molecule has 0 spiro atoms. The number of nitrogens with zero attached hydrogens (tertiary/aromatic N) is 2. The first-order valence-corrected chi connectivity index (χ1v) is 6.61. The number of esters is 2. The van der Waals surface area contributed by atoms with Crippen molar-refractivity contribution in [2.24, 2.45) is 0 Å². The molecule has 0 amide bonds. The largest absolute Gasteiger partial charge is 0.462 e. The molecule has 2 atom stereocenters. The standard InChI is InChI=1S/C12H15BrN2O4/c1-8(16)18-7-10(19-9(2)17)5-11(13)12-6-14-3-4-15-12/h3-4,6,10-11H,5,7H2,1-2H3. The molecule has 0 saturated heterocycles. The number of hydrogen-bond donors (Lipinski definition) is 0. The minimum Gasteiger partial charge on any atom is -0.462 e. The quantitative estimate of drug-likeness (QED) is 0.584. The second-order valence-corrected chi connectivity index (χ2v) is 4.97. The summed E-state index contributed by atoms with van der Waals surface area (Å²) in [6.45, 7) is 2.64. The summed E-state index contributed by atoms with van der Waals surface area (Å²) in [5, 5.41) is 0. The fourth-order valence-corrected chi connectivity index (χ4v) is 2.07. The van der Waals surface area contributed by atoms with Gasteiger partial charge in [0.25, 0.3) is 0 Å². The number of carbonyl (C=O) groups excluding carboxylic acids is 2. The summed E-state index contributed by atoms with van der Waals surface area (Å²) in [6, 6.07) is 0. The Hall–Kier alpha value is -1.50. The first-order valence-electron chi connectivity index (χ1n) is 5.69. The van der Waals surface area contributed by atoms with Crippen LogP contribution in [0.2, 0.25) is 0 Å². The van der Waals surface area contributed by atoms with Crippen molar-refractivity contribution in [3.05, 3.63) is 24.3 Å². The van der Waals surface area contributed by atoms with Gasteiger partial charge in [-0.25, -0.2) is 0 Å². The van der Waals surface area contributed by atoms with Crippen LogP contribution in [0.1, 0.15) is 30.8 Å². The van der Waals surface area contributed by atoms with Crippen molar-refractivity contribution in [1.82, 2.24) is 9.97 Å². The Kier molecular flexibility index (Phi) is 6.41. The average Bonchev–Trinajstić information content (AvgIpc) is 2.36. The number of hydrogen-bond acceptors (Lipinski definition) is 6. The maximum Gasteiger partial charge on any atom is 0.303 e. The maximum absolute atomic E-state index is 11.0. The van der Waals surface area contributed by atoms with Crippen LogP contribution in [0.3, 0.4) is 0 Å². The van der Waals surface area contributed by atoms with Gasteiger partial charge in [0.2, 0.25) is 0 Å². The van der Waals surface area contributed by atoms with E-state index in [-0.39, 0.29) is 11.4 Å². The molecule has 0 bridgehead atoms. The van der Waals surface area contributed by atoms with Gasteiger partial charge in [0.05, 0.1) is 10.5 Å². The van der Waals surface area contributed by atoms with Crippen molar-refractivity contribution in [3.8, 4) is 0 Å². The summed E-state index contributed by atoms with van der Waals surface area (Å²) in [7, 11) is 0. The molecule has 0 saturated carbocycles. The Balaban J connectivity index is 2.60. The zero-order valence-corrected chi connectivity index (χ0v) is 12.3. The molecule has 1 aromatic heterocycles. The number of aromatic nitrogens is 2. The highest BCUT2D eigenvalue weighted by molar-refractivity contribution is 9.09. The van der Waals surface area contributed by atoms with Crippen LogP contribution in [0, 0.1) is 0 Å². The summed E-state index contributed by atoms with van der Waals surface area (Å²) >= 11 is 3.45. The lowest BCUT2D eigenvalue weighted by molar-refractivity contribution is -0.156. The van der Waals surface area contributed by atoms with Crippen molar-refractivity contribution in [3.63, 3.8) is 0 Å². The van der Waals surface area contributed by atoms with Crippen molar-refractivity contribution >= 4 is 27.9 Å². The number of carbonyl (C=O) groups is 2. The zero-order chi connectivity index (χ0) is 14.3. The molecule has 7 heteroatoms. The highest BCUT2D eigenvalue weighted by atomic mass is 79.9. The summed E-state index contributed by atoms with van der Waals surface area (Å²) in [5.41, 5.74) is 0.725. The van der Waals surface area contributed by atoms with E-state index in [4.69, 9.17) is 9.47 Å². The molecule has 1 rings (SSSR count). The topological polar surface area (TPSA) is 78.4 Å². The van der Waals surface area contributed by atoms with E-state index >= 15 is 0 Å². The Bertz CT molecular complexity index is 427. The Morgan fingerprint density at radius 2 is 2.05 bits per heavy atom. The zero-order valence-electron chi connectivity index (χ0n) is 10.7. The number of rotatable bonds is 6. The predicted octanol–water partition coefficient (Wildman–Crippen LogP) is 1.80. The van der Waals surface area contributed by atoms with Crippen molar-refractivity contribution < 1.29 is 19.1 Å². The molecule has 2 unspecified atom stereocenters. The van der Waals surface area contributed by atoms with Crippen LogP contribution in [0.4, 0.5) is 0 Å².